The molecule has 5 heteroatoms. The predicted molar refractivity (Wildman–Crippen MR) is 97.6 cm³/mol. The van der Waals surface area contributed by atoms with Gasteiger partial charge in [0.15, 0.2) is 0 Å². The number of benzene rings is 2. The molecule has 0 spiro atoms. The smallest absolute Gasteiger partial charge is 0.261 e. The number of hydrogen-bond acceptors (Lipinski definition) is 2. The molecule has 0 unspecified atom stereocenters. The van der Waals surface area contributed by atoms with Crippen molar-refractivity contribution in [3.05, 3.63) is 73.7 Å². The van der Waals surface area contributed by atoms with Crippen molar-refractivity contribution in [2.75, 3.05) is 0 Å². The molecule has 0 fully saturated rings. The molecule has 0 bridgehead atoms. The van der Waals surface area contributed by atoms with E-state index in [9.17, 15) is 4.79 Å². The molecule has 0 radical (unpaired) electrons. The normalized spacial score (nSPS) is 15.3. The van der Waals surface area contributed by atoms with Crippen molar-refractivity contribution in [3.63, 3.8) is 0 Å². The van der Waals surface area contributed by atoms with Gasteiger partial charge in [-0.3, -0.25) is 9.36 Å². The fourth-order valence-corrected chi connectivity index (χ4v) is 3.48. The summed E-state index contributed by atoms with van der Waals surface area (Å²) in [4.78, 5) is 17.4. The third-order valence-electron chi connectivity index (χ3n) is 4.04. The van der Waals surface area contributed by atoms with Crippen LogP contribution in [-0.4, -0.2) is 9.55 Å². The molecule has 2 aromatic carbocycles. The Kier molecular flexibility index (Phi) is 3.58. The summed E-state index contributed by atoms with van der Waals surface area (Å²) in [6, 6.07) is 13.3. The van der Waals surface area contributed by atoms with Gasteiger partial charge in [-0.15, -0.1) is 0 Å². The van der Waals surface area contributed by atoms with Crippen molar-refractivity contribution in [3.8, 4) is 0 Å². The highest BCUT2D eigenvalue weighted by atomic mass is 79.9. The third-order valence-corrected chi connectivity index (χ3v) is 5.00. The zero-order valence-electron chi connectivity index (χ0n) is 12.1. The molecule has 3 nitrogen and oxygen atoms in total. The standard InChI is InChI=1S/C18H12BrClN2O/c19-15-4-2-1-3-11(15)9-12-7-8-22-17(12)21-16-6-5-13(20)10-14(16)18(22)23/h1-6,9-10H,7-8H2. The molecule has 1 aromatic heterocycles. The van der Waals surface area contributed by atoms with Gasteiger partial charge in [-0.1, -0.05) is 45.7 Å². The Morgan fingerprint density at radius 2 is 2.04 bits per heavy atom. The topological polar surface area (TPSA) is 34.9 Å². The number of rotatable bonds is 1. The largest absolute Gasteiger partial charge is 0.292 e. The predicted octanol–water partition coefficient (Wildman–Crippen LogP) is 4.76. The van der Waals surface area contributed by atoms with E-state index in [0.29, 0.717) is 22.5 Å². The average Bonchev–Trinajstić information content (AvgIpc) is 2.94. The lowest BCUT2D eigenvalue weighted by molar-refractivity contribution is 0.725. The van der Waals surface area contributed by atoms with E-state index >= 15 is 0 Å². The maximum Gasteiger partial charge on any atom is 0.261 e. The average molecular weight is 388 g/mol. The minimum atomic E-state index is -0.0250. The lowest BCUT2D eigenvalue weighted by Gasteiger charge is -2.06. The van der Waals surface area contributed by atoms with Crippen LogP contribution in [-0.2, 0) is 6.54 Å². The third kappa shape index (κ3) is 2.52. The van der Waals surface area contributed by atoms with E-state index in [4.69, 9.17) is 11.6 Å². The van der Waals surface area contributed by atoms with Gasteiger partial charge < -0.3 is 0 Å². The van der Waals surface area contributed by atoms with Gasteiger partial charge in [-0.2, -0.15) is 0 Å². The number of allylic oxidation sites excluding steroid dienone is 1. The number of nitrogens with zero attached hydrogens (tertiary/aromatic N) is 2. The number of hydrogen-bond donors (Lipinski definition) is 0. The lowest BCUT2D eigenvalue weighted by Crippen LogP contribution is -2.20. The van der Waals surface area contributed by atoms with E-state index in [2.05, 4.69) is 27.0 Å². The van der Waals surface area contributed by atoms with Gasteiger partial charge in [0.05, 0.1) is 10.9 Å². The molecule has 3 aromatic rings. The second kappa shape index (κ2) is 5.62. The minimum Gasteiger partial charge on any atom is -0.292 e. The van der Waals surface area contributed by atoms with Gasteiger partial charge in [-0.25, -0.2) is 4.98 Å². The van der Waals surface area contributed by atoms with E-state index in [1.165, 1.54) is 0 Å². The Morgan fingerprint density at radius 3 is 2.87 bits per heavy atom. The first-order chi connectivity index (χ1) is 11.1. The molecule has 114 valence electrons. The van der Waals surface area contributed by atoms with Crippen molar-refractivity contribution in [1.29, 1.82) is 0 Å². The van der Waals surface area contributed by atoms with Gasteiger partial charge in [0.2, 0.25) is 0 Å². The van der Waals surface area contributed by atoms with Gasteiger partial charge >= 0.3 is 0 Å². The highest BCUT2D eigenvalue weighted by Crippen LogP contribution is 2.29. The summed E-state index contributed by atoms with van der Waals surface area (Å²) in [6.07, 6.45) is 2.89. The first-order valence-electron chi connectivity index (χ1n) is 7.29. The zero-order chi connectivity index (χ0) is 16.0. The SMILES string of the molecule is O=c1c2cc(Cl)ccc2nc2n1CCC2=Cc1ccccc1Br. The van der Waals surface area contributed by atoms with Crippen LogP contribution >= 0.6 is 27.5 Å². The van der Waals surface area contributed by atoms with Crippen LogP contribution in [0.1, 0.15) is 17.8 Å². The number of fused-ring (bicyclic) bond motifs is 2. The quantitative estimate of drug-likeness (QED) is 0.603. The molecule has 2 heterocycles. The lowest BCUT2D eigenvalue weighted by atomic mass is 10.1. The summed E-state index contributed by atoms with van der Waals surface area (Å²) in [5, 5.41) is 1.13. The van der Waals surface area contributed by atoms with Crippen molar-refractivity contribution < 1.29 is 0 Å². The van der Waals surface area contributed by atoms with Crippen molar-refractivity contribution in [1.82, 2.24) is 9.55 Å². The second-order valence-electron chi connectivity index (χ2n) is 5.49. The van der Waals surface area contributed by atoms with Gasteiger partial charge in [-0.05, 0) is 47.9 Å². The second-order valence-corrected chi connectivity index (χ2v) is 6.79. The van der Waals surface area contributed by atoms with E-state index < -0.39 is 0 Å². The monoisotopic (exact) mass is 386 g/mol. The van der Waals surface area contributed by atoms with Gasteiger partial charge in [0.25, 0.3) is 5.56 Å². The number of aromatic nitrogens is 2. The van der Waals surface area contributed by atoms with E-state index in [0.717, 1.165) is 27.9 Å². The molecule has 0 amide bonds. The van der Waals surface area contributed by atoms with Crippen LogP contribution < -0.4 is 5.56 Å². The van der Waals surface area contributed by atoms with Crippen LogP contribution in [0.5, 0.6) is 0 Å². The zero-order valence-corrected chi connectivity index (χ0v) is 14.4. The van der Waals surface area contributed by atoms with Crippen molar-refractivity contribution in [2.45, 2.75) is 13.0 Å². The Labute approximate surface area is 146 Å². The van der Waals surface area contributed by atoms with Crippen LogP contribution in [0.2, 0.25) is 5.02 Å². The Balaban J connectivity index is 1.93. The fraction of sp³-hybridized carbons (Fsp3) is 0.111. The van der Waals surface area contributed by atoms with Crippen LogP contribution in [0, 0.1) is 0 Å². The van der Waals surface area contributed by atoms with Crippen molar-refractivity contribution in [2.24, 2.45) is 0 Å². The summed E-state index contributed by atoms with van der Waals surface area (Å²) >= 11 is 9.56. The summed E-state index contributed by atoms with van der Waals surface area (Å²) in [7, 11) is 0. The van der Waals surface area contributed by atoms with E-state index in [1.54, 1.807) is 22.8 Å². The fourth-order valence-electron chi connectivity index (χ4n) is 2.91. The maximum absolute atomic E-state index is 12.7. The Morgan fingerprint density at radius 1 is 1.22 bits per heavy atom. The highest BCUT2D eigenvalue weighted by molar-refractivity contribution is 9.10. The molecule has 0 N–H and O–H groups in total. The summed E-state index contributed by atoms with van der Waals surface area (Å²) < 4.78 is 2.77. The van der Waals surface area contributed by atoms with Crippen LogP contribution in [0.4, 0.5) is 0 Å². The molecule has 0 aliphatic carbocycles. The molecule has 4 rings (SSSR count). The molecule has 1 aliphatic heterocycles. The molecular formula is C18H12BrClN2O. The number of halogens is 2. The van der Waals surface area contributed by atoms with Crippen LogP contribution in [0.15, 0.2) is 51.7 Å². The first kappa shape index (κ1) is 14.7. The molecule has 1 aliphatic rings. The highest BCUT2D eigenvalue weighted by Gasteiger charge is 2.21. The Bertz CT molecular complexity index is 1020. The Hall–Kier alpha value is -1.91. The van der Waals surface area contributed by atoms with Crippen LogP contribution in [0.25, 0.3) is 22.6 Å². The molecular weight excluding hydrogens is 376 g/mol. The first-order valence-corrected chi connectivity index (χ1v) is 8.46. The molecule has 23 heavy (non-hydrogen) atoms. The summed E-state index contributed by atoms with van der Waals surface area (Å²) in [5.74, 6) is 0.751. The van der Waals surface area contributed by atoms with Gasteiger partial charge in [0.1, 0.15) is 5.82 Å². The van der Waals surface area contributed by atoms with Gasteiger partial charge in [0, 0.05) is 16.0 Å². The molecule has 0 saturated heterocycles. The van der Waals surface area contributed by atoms with E-state index in [1.807, 2.05) is 24.3 Å². The van der Waals surface area contributed by atoms with Crippen LogP contribution in [0.3, 0.4) is 0 Å². The minimum absolute atomic E-state index is 0.0250. The van der Waals surface area contributed by atoms with Crippen molar-refractivity contribution >= 4 is 50.1 Å². The summed E-state index contributed by atoms with van der Waals surface area (Å²) in [5.41, 5.74) is 2.82. The maximum atomic E-state index is 12.7. The molecule has 0 saturated carbocycles. The van der Waals surface area contributed by atoms with E-state index in [-0.39, 0.29) is 5.56 Å². The molecule has 0 atom stereocenters. The summed E-state index contributed by atoms with van der Waals surface area (Å²) in [6.45, 7) is 0.653.